The Morgan fingerprint density at radius 3 is 2.54 bits per heavy atom. The molecule has 1 aromatic heterocycles. The van der Waals surface area contributed by atoms with E-state index in [9.17, 15) is 9.59 Å². The van der Waals surface area contributed by atoms with Crippen molar-refractivity contribution < 1.29 is 19.1 Å². The lowest BCUT2D eigenvalue weighted by Gasteiger charge is -2.07. The standard InChI is InChI=1S/C21H15Cl2NO4/c1-12-10-13(21(26)27)2-7-18(12)24-20(25)9-5-15-4-8-19(28-15)16-6-3-14(22)11-17(16)23/h2-11H,1H3,(H,24,25)(H,26,27)/b9-5+. The summed E-state index contributed by atoms with van der Waals surface area (Å²) in [5, 5.41) is 12.7. The number of nitrogens with one attached hydrogen (secondary N) is 1. The van der Waals surface area contributed by atoms with E-state index in [0.29, 0.717) is 38.4 Å². The zero-order valence-corrected chi connectivity index (χ0v) is 16.2. The molecule has 0 unspecified atom stereocenters. The van der Waals surface area contributed by atoms with Gasteiger partial charge in [0.15, 0.2) is 0 Å². The van der Waals surface area contributed by atoms with Gasteiger partial charge in [0.25, 0.3) is 0 Å². The Morgan fingerprint density at radius 2 is 1.86 bits per heavy atom. The highest BCUT2D eigenvalue weighted by molar-refractivity contribution is 6.36. The second-order valence-corrected chi connectivity index (χ2v) is 6.83. The minimum Gasteiger partial charge on any atom is -0.478 e. The summed E-state index contributed by atoms with van der Waals surface area (Å²) in [5.41, 5.74) is 2.05. The van der Waals surface area contributed by atoms with Crippen LogP contribution in [0.25, 0.3) is 17.4 Å². The average molecular weight is 416 g/mol. The van der Waals surface area contributed by atoms with Crippen molar-refractivity contribution >= 4 is 46.8 Å². The predicted octanol–water partition coefficient (Wildman–Crippen LogP) is 5.91. The number of carboxylic acid groups (broad SMARTS) is 1. The molecule has 0 aliphatic carbocycles. The van der Waals surface area contributed by atoms with Gasteiger partial charge in [-0.25, -0.2) is 4.79 Å². The van der Waals surface area contributed by atoms with Gasteiger partial charge in [-0.2, -0.15) is 0 Å². The van der Waals surface area contributed by atoms with Gasteiger partial charge in [0.05, 0.1) is 10.6 Å². The Labute approximate surface area is 171 Å². The first-order valence-electron chi connectivity index (χ1n) is 8.22. The Kier molecular flexibility index (Phi) is 5.87. The quantitative estimate of drug-likeness (QED) is 0.507. The number of hydrogen-bond donors (Lipinski definition) is 2. The van der Waals surface area contributed by atoms with Crippen LogP contribution in [0.3, 0.4) is 0 Å². The highest BCUT2D eigenvalue weighted by Gasteiger charge is 2.09. The molecule has 0 aliphatic rings. The van der Waals surface area contributed by atoms with Crippen molar-refractivity contribution in [3.05, 3.63) is 81.5 Å². The molecule has 0 saturated heterocycles. The fourth-order valence-corrected chi connectivity index (χ4v) is 3.05. The minimum absolute atomic E-state index is 0.162. The van der Waals surface area contributed by atoms with E-state index in [1.165, 1.54) is 24.3 Å². The number of aryl methyl sites for hydroxylation is 1. The van der Waals surface area contributed by atoms with Crippen molar-refractivity contribution in [1.82, 2.24) is 0 Å². The van der Waals surface area contributed by atoms with Gasteiger partial charge in [0.1, 0.15) is 11.5 Å². The highest BCUT2D eigenvalue weighted by Crippen LogP contribution is 2.31. The van der Waals surface area contributed by atoms with Crippen LogP contribution in [0, 0.1) is 6.92 Å². The Bertz CT molecular complexity index is 1090. The number of carboxylic acids is 1. The third-order valence-electron chi connectivity index (χ3n) is 3.95. The minimum atomic E-state index is -1.02. The van der Waals surface area contributed by atoms with E-state index >= 15 is 0 Å². The molecule has 0 atom stereocenters. The first-order valence-corrected chi connectivity index (χ1v) is 8.97. The number of halogens is 2. The summed E-state index contributed by atoms with van der Waals surface area (Å²) < 4.78 is 5.70. The molecule has 0 bridgehead atoms. The summed E-state index contributed by atoms with van der Waals surface area (Å²) >= 11 is 12.1. The van der Waals surface area contributed by atoms with E-state index in [0.717, 1.165) is 0 Å². The lowest BCUT2D eigenvalue weighted by atomic mass is 10.1. The van der Waals surface area contributed by atoms with E-state index in [4.69, 9.17) is 32.7 Å². The van der Waals surface area contributed by atoms with Crippen molar-refractivity contribution in [2.24, 2.45) is 0 Å². The normalized spacial score (nSPS) is 11.0. The van der Waals surface area contributed by atoms with Gasteiger partial charge in [0.2, 0.25) is 5.91 Å². The Morgan fingerprint density at radius 1 is 1.07 bits per heavy atom. The molecule has 0 spiro atoms. The van der Waals surface area contributed by atoms with Crippen LogP contribution in [0.5, 0.6) is 0 Å². The van der Waals surface area contributed by atoms with Crippen LogP contribution in [0.2, 0.25) is 10.0 Å². The van der Waals surface area contributed by atoms with Gasteiger partial charge in [0, 0.05) is 22.3 Å². The number of anilines is 1. The number of aromatic carboxylic acids is 1. The van der Waals surface area contributed by atoms with Gasteiger partial charge >= 0.3 is 5.97 Å². The van der Waals surface area contributed by atoms with Crippen molar-refractivity contribution in [2.75, 3.05) is 5.32 Å². The number of furan rings is 1. The first-order chi connectivity index (χ1) is 13.3. The summed E-state index contributed by atoms with van der Waals surface area (Å²) in [6, 6.07) is 13.1. The zero-order chi connectivity index (χ0) is 20.3. The molecule has 2 N–H and O–H groups in total. The summed E-state index contributed by atoms with van der Waals surface area (Å²) in [6.07, 6.45) is 2.86. The van der Waals surface area contributed by atoms with Gasteiger partial charge in [-0.1, -0.05) is 23.2 Å². The van der Waals surface area contributed by atoms with Crippen LogP contribution in [-0.4, -0.2) is 17.0 Å². The van der Waals surface area contributed by atoms with E-state index < -0.39 is 5.97 Å². The largest absolute Gasteiger partial charge is 0.478 e. The molecule has 0 fully saturated rings. The third kappa shape index (κ3) is 4.63. The highest BCUT2D eigenvalue weighted by atomic mass is 35.5. The second kappa shape index (κ2) is 8.33. The summed E-state index contributed by atoms with van der Waals surface area (Å²) in [4.78, 5) is 23.1. The lowest BCUT2D eigenvalue weighted by molar-refractivity contribution is -0.111. The molecule has 28 heavy (non-hydrogen) atoms. The molecule has 0 aliphatic heterocycles. The average Bonchev–Trinajstić information content (AvgIpc) is 3.10. The molecule has 0 radical (unpaired) electrons. The predicted molar refractivity (Wildman–Crippen MR) is 110 cm³/mol. The second-order valence-electron chi connectivity index (χ2n) is 5.98. The van der Waals surface area contributed by atoms with Gasteiger partial charge in [-0.05, 0) is 67.1 Å². The van der Waals surface area contributed by atoms with Gasteiger partial charge in [-0.15, -0.1) is 0 Å². The summed E-state index contributed by atoms with van der Waals surface area (Å²) in [5.74, 6) is -0.347. The van der Waals surface area contributed by atoms with Gasteiger partial charge < -0.3 is 14.8 Å². The fraction of sp³-hybridized carbons (Fsp3) is 0.0476. The van der Waals surface area contributed by atoms with Crippen LogP contribution in [-0.2, 0) is 4.79 Å². The number of amides is 1. The molecule has 3 rings (SSSR count). The van der Waals surface area contributed by atoms with Crippen molar-refractivity contribution in [3.8, 4) is 11.3 Å². The summed E-state index contributed by atoms with van der Waals surface area (Å²) in [7, 11) is 0. The smallest absolute Gasteiger partial charge is 0.335 e. The van der Waals surface area contributed by atoms with E-state index in [-0.39, 0.29) is 11.5 Å². The molecule has 0 saturated carbocycles. The third-order valence-corrected chi connectivity index (χ3v) is 4.50. The SMILES string of the molecule is Cc1cc(C(=O)O)ccc1NC(=O)/C=C/c1ccc(-c2ccc(Cl)cc2Cl)o1. The molecular formula is C21H15Cl2NO4. The molecule has 2 aromatic carbocycles. The van der Waals surface area contributed by atoms with Crippen molar-refractivity contribution in [1.29, 1.82) is 0 Å². The number of hydrogen-bond acceptors (Lipinski definition) is 3. The monoisotopic (exact) mass is 415 g/mol. The molecule has 7 heteroatoms. The van der Waals surface area contributed by atoms with Crippen molar-refractivity contribution in [2.45, 2.75) is 6.92 Å². The Balaban J connectivity index is 1.70. The molecule has 1 heterocycles. The molecule has 142 valence electrons. The topological polar surface area (TPSA) is 79.5 Å². The number of rotatable bonds is 5. The Hall–Kier alpha value is -3.02. The van der Waals surface area contributed by atoms with Crippen LogP contribution in [0.1, 0.15) is 21.7 Å². The van der Waals surface area contributed by atoms with Gasteiger partial charge in [-0.3, -0.25) is 4.79 Å². The van der Waals surface area contributed by atoms with Crippen molar-refractivity contribution in [3.63, 3.8) is 0 Å². The molecule has 5 nitrogen and oxygen atoms in total. The zero-order valence-electron chi connectivity index (χ0n) is 14.7. The lowest BCUT2D eigenvalue weighted by Crippen LogP contribution is -2.09. The van der Waals surface area contributed by atoms with E-state index in [2.05, 4.69) is 5.32 Å². The van der Waals surface area contributed by atoms with Crippen LogP contribution in [0.4, 0.5) is 5.69 Å². The number of carbonyl (C=O) groups is 2. The maximum absolute atomic E-state index is 12.1. The maximum Gasteiger partial charge on any atom is 0.335 e. The fourth-order valence-electron chi connectivity index (χ4n) is 2.55. The number of benzene rings is 2. The van der Waals surface area contributed by atoms with Crippen LogP contribution < -0.4 is 5.32 Å². The van der Waals surface area contributed by atoms with Crippen LogP contribution >= 0.6 is 23.2 Å². The summed E-state index contributed by atoms with van der Waals surface area (Å²) in [6.45, 7) is 1.72. The maximum atomic E-state index is 12.1. The molecule has 3 aromatic rings. The molecular weight excluding hydrogens is 401 g/mol. The van der Waals surface area contributed by atoms with Crippen LogP contribution in [0.15, 0.2) is 59.0 Å². The number of carbonyl (C=O) groups excluding carboxylic acids is 1. The van der Waals surface area contributed by atoms with E-state index in [1.54, 1.807) is 43.3 Å². The van der Waals surface area contributed by atoms with E-state index in [1.807, 2.05) is 0 Å². The first kappa shape index (κ1) is 19.7. The molecule has 1 amide bonds.